The van der Waals surface area contributed by atoms with Crippen molar-refractivity contribution in [1.82, 2.24) is 4.98 Å². The number of hydrogen-bond donors (Lipinski definition) is 1. The van der Waals surface area contributed by atoms with Crippen molar-refractivity contribution < 1.29 is 17.6 Å². The van der Waals surface area contributed by atoms with Crippen LogP contribution in [0.5, 0.6) is 0 Å². The lowest BCUT2D eigenvalue weighted by Gasteiger charge is -2.06. The first kappa shape index (κ1) is 20.4. The van der Waals surface area contributed by atoms with Gasteiger partial charge in [0.2, 0.25) is 5.91 Å². The third-order valence-corrected chi connectivity index (χ3v) is 4.93. The van der Waals surface area contributed by atoms with Gasteiger partial charge in [-0.3, -0.25) is 9.78 Å². The van der Waals surface area contributed by atoms with Gasteiger partial charge >= 0.3 is 0 Å². The van der Waals surface area contributed by atoms with Crippen molar-refractivity contribution in [2.24, 2.45) is 0 Å². The minimum atomic E-state index is -3.11. The molecule has 0 bridgehead atoms. The van der Waals surface area contributed by atoms with Crippen molar-refractivity contribution in [2.45, 2.75) is 5.75 Å². The number of halogens is 1. The maximum Gasteiger partial charge on any atom is 0.248 e. The van der Waals surface area contributed by atoms with Crippen LogP contribution in [0.25, 0.3) is 17.2 Å². The predicted molar refractivity (Wildman–Crippen MR) is 112 cm³/mol. The van der Waals surface area contributed by atoms with Gasteiger partial charge in [-0.15, -0.1) is 0 Å². The van der Waals surface area contributed by atoms with Crippen molar-refractivity contribution >= 4 is 27.5 Å². The van der Waals surface area contributed by atoms with Crippen molar-refractivity contribution in [3.8, 4) is 11.1 Å². The number of nitrogens with one attached hydrogen (secondary N) is 1. The number of anilines is 1. The molecule has 3 aromatic rings. The Morgan fingerprint density at radius 1 is 1.07 bits per heavy atom. The Balaban J connectivity index is 1.71. The molecule has 0 radical (unpaired) electrons. The van der Waals surface area contributed by atoms with Gasteiger partial charge in [-0.1, -0.05) is 24.3 Å². The molecule has 5 nitrogen and oxygen atoms in total. The molecule has 3 rings (SSSR count). The second-order valence-corrected chi connectivity index (χ2v) is 8.70. The summed E-state index contributed by atoms with van der Waals surface area (Å²) in [6.07, 6.45) is 7.45. The molecule has 0 unspecified atom stereocenters. The number of carbonyl (C=O) groups is 1. The second-order valence-electron chi connectivity index (χ2n) is 6.56. The Labute approximate surface area is 168 Å². The number of nitrogens with zero attached hydrogens (tertiary/aromatic N) is 1. The zero-order valence-electron chi connectivity index (χ0n) is 15.7. The van der Waals surface area contributed by atoms with Gasteiger partial charge in [0.05, 0.1) is 5.75 Å². The number of hydrogen-bond acceptors (Lipinski definition) is 4. The summed E-state index contributed by atoms with van der Waals surface area (Å²) in [6, 6.07) is 14.5. The molecule has 2 aromatic carbocycles. The minimum Gasteiger partial charge on any atom is -0.323 e. The number of rotatable bonds is 6. The number of sulfone groups is 1. The van der Waals surface area contributed by atoms with Crippen molar-refractivity contribution in [2.75, 3.05) is 11.6 Å². The SMILES string of the molecule is CS(=O)(=O)Cc1ccc(NC(=O)C=Cc2cnccc2-c2ccc(F)cc2)cc1. The number of pyridine rings is 1. The highest BCUT2D eigenvalue weighted by atomic mass is 32.2. The summed E-state index contributed by atoms with van der Waals surface area (Å²) in [5, 5.41) is 2.72. The first-order chi connectivity index (χ1) is 13.8. The van der Waals surface area contributed by atoms with Crippen LogP contribution >= 0.6 is 0 Å². The molecule has 0 aliphatic heterocycles. The highest BCUT2D eigenvalue weighted by molar-refractivity contribution is 7.89. The monoisotopic (exact) mass is 410 g/mol. The number of carbonyl (C=O) groups excluding carboxylic acids is 1. The zero-order valence-corrected chi connectivity index (χ0v) is 16.5. The first-order valence-corrected chi connectivity index (χ1v) is 10.8. The summed E-state index contributed by atoms with van der Waals surface area (Å²) < 4.78 is 35.8. The zero-order chi connectivity index (χ0) is 20.9. The lowest BCUT2D eigenvalue weighted by molar-refractivity contribution is -0.111. The van der Waals surface area contributed by atoms with Crippen LogP contribution in [0.4, 0.5) is 10.1 Å². The number of amides is 1. The van der Waals surface area contributed by atoms with Gasteiger partial charge < -0.3 is 5.32 Å². The van der Waals surface area contributed by atoms with Crippen LogP contribution in [-0.2, 0) is 20.4 Å². The fraction of sp³-hybridized carbons (Fsp3) is 0.0909. The van der Waals surface area contributed by atoms with E-state index in [1.807, 2.05) is 0 Å². The molecule has 0 saturated carbocycles. The normalized spacial score (nSPS) is 11.5. The van der Waals surface area contributed by atoms with Crippen LogP contribution in [0.3, 0.4) is 0 Å². The Hall–Kier alpha value is -3.32. The maximum atomic E-state index is 13.2. The largest absolute Gasteiger partial charge is 0.323 e. The summed E-state index contributed by atoms with van der Waals surface area (Å²) in [4.78, 5) is 16.3. The van der Waals surface area contributed by atoms with E-state index in [2.05, 4.69) is 10.3 Å². The van der Waals surface area contributed by atoms with Gasteiger partial charge in [-0.25, -0.2) is 12.8 Å². The van der Waals surface area contributed by atoms with E-state index in [0.29, 0.717) is 11.3 Å². The molecule has 0 saturated heterocycles. The molecule has 0 aliphatic rings. The highest BCUT2D eigenvalue weighted by Gasteiger charge is 2.06. The molecular weight excluding hydrogens is 391 g/mol. The van der Waals surface area contributed by atoms with Gasteiger partial charge in [0.15, 0.2) is 9.84 Å². The maximum absolute atomic E-state index is 13.2. The molecular formula is C22H19FN2O3S. The minimum absolute atomic E-state index is 0.0473. The molecule has 1 aromatic heterocycles. The van der Waals surface area contributed by atoms with Gasteiger partial charge in [-0.2, -0.15) is 0 Å². The Kier molecular flexibility index (Phi) is 6.19. The second kappa shape index (κ2) is 8.79. The molecule has 1 N–H and O–H groups in total. The first-order valence-electron chi connectivity index (χ1n) is 8.76. The fourth-order valence-corrected chi connectivity index (χ4v) is 3.57. The van der Waals surface area contributed by atoms with E-state index in [1.165, 1.54) is 24.5 Å². The standard InChI is InChI=1S/C22H19FN2O3S/c1-29(27,28)15-16-2-9-20(10-3-16)25-22(26)11-6-18-14-24-13-12-21(18)17-4-7-19(23)8-5-17/h2-14H,15H2,1H3,(H,25,26). The molecule has 0 spiro atoms. The molecule has 7 heteroatoms. The molecule has 0 atom stereocenters. The molecule has 0 aliphatic carbocycles. The van der Waals surface area contributed by atoms with E-state index < -0.39 is 9.84 Å². The lowest BCUT2D eigenvalue weighted by Crippen LogP contribution is -2.08. The summed E-state index contributed by atoms with van der Waals surface area (Å²) in [7, 11) is -3.11. The smallest absolute Gasteiger partial charge is 0.248 e. The van der Waals surface area contributed by atoms with Crippen LogP contribution in [0.1, 0.15) is 11.1 Å². The molecule has 29 heavy (non-hydrogen) atoms. The van der Waals surface area contributed by atoms with E-state index in [0.717, 1.165) is 16.7 Å². The van der Waals surface area contributed by atoms with Gasteiger partial charge in [-0.05, 0) is 53.1 Å². The Morgan fingerprint density at radius 3 is 2.41 bits per heavy atom. The van der Waals surface area contributed by atoms with E-state index in [9.17, 15) is 17.6 Å². The summed E-state index contributed by atoms with van der Waals surface area (Å²) in [5.74, 6) is -0.703. The van der Waals surface area contributed by atoms with Gasteiger partial charge in [0.25, 0.3) is 0 Å². The molecule has 0 fully saturated rings. The molecule has 1 amide bonds. The third kappa shape index (κ3) is 6.08. The quantitative estimate of drug-likeness (QED) is 0.621. The Bertz CT molecular complexity index is 1140. The average Bonchev–Trinajstić information content (AvgIpc) is 2.68. The van der Waals surface area contributed by atoms with Crippen LogP contribution < -0.4 is 5.32 Å². The van der Waals surface area contributed by atoms with E-state index in [-0.39, 0.29) is 17.5 Å². The Morgan fingerprint density at radius 2 is 1.76 bits per heavy atom. The van der Waals surface area contributed by atoms with Crippen LogP contribution in [0, 0.1) is 5.82 Å². The summed E-state index contributed by atoms with van der Waals surface area (Å²) in [6.45, 7) is 0. The number of benzene rings is 2. The van der Waals surface area contributed by atoms with Crippen molar-refractivity contribution in [1.29, 1.82) is 0 Å². The van der Waals surface area contributed by atoms with E-state index in [1.54, 1.807) is 60.9 Å². The third-order valence-electron chi connectivity index (χ3n) is 4.07. The topological polar surface area (TPSA) is 76.1 Å². The predicted octanol–water partition coefficient (Wildman–Crippen LogP) is 4.08. The van der Waals surface area contributed by atoms with Crippen LogP contribution in [-0.4, -0.2) is 25.6 Å². The van der Waals surface area contributed by atoms with Crippen molar-refractivity contribution in [3.63, 3.8) is 0 Å². The summed E-state index contributed by atoms with van der Waals surface area (Å²) in [5.41, 5.74) is 3.57. The highest BCUT2D eigenvalue weighted by Crippen LogP contribution is 2.24. The summed E-state index contributed by atoms with van der Waals surface area (Å²) >= 11 is 0. The van der Waals surface area contributed by atoms with Gasteiger partial charge in [0.1, 0.15) is 5.82 Å². The van der Waals surface area contributed by atoms with Crippen molar-refractivity contribution in [3.05, 3.63) is 90.0 Å². The number of aromatic nitrogens is 1. The van der Waals surface area contributed by atoms with E-state index >= 15 is 0 Å². The van der Waals surface area contributed by atoms with Crippen LogP contribution in [0.2, 0.25) is 0 Å². The lowest BCUT2D eigenvalue weighted by atomic mass is 10.0. The fourth-order valence-electron chi connectivity index (χ4n) is 2.77. The average molecular weight is 410 g/mol. The van der Waals surface area contributed by atoms with Crippen LogP contribution in [0.15, 0.2) is 73.1 Å². The van der Waals surface area contributed by atoms with Gasteiger partial charge in [0, 0.05) is 36.0 Å². The van der Waals surface area contributed by atoms with E-state index in [4.69, 9.17) is 0 Å². The molecule has 148 valence electrons. The molecule has 1 heterocycles.